The lowest BCUT2D eigenvalue weighted by Gasteiger charge is -2.38. The molecule has 0 aliphatic carbocycles. The van der Waals surface area contributed by atoms with Crippen molar-refractivity contribution in [2.24, 2.45) is 0 Å². The first-order valence-electron chi connectivity index (χ1n) is 8.50. The molecule has 2 heterocycles. The summed E-state index contributed by atoms with van der Waals surface area (Å²) in [6, 6.07) is 6.92. The van der Waals surface area contributed by atoms with Gasteiger partial charge in [0.05, 0.1) is 17.9 Å². The van der Waals surface area contributed by atoms with Crippen LogP contribution in [0.2, 0.25) is 5.02 Å². The van der Waals surface area contributed by atoms with E-state index in [9.17, 15) is 9.59 Å². The third-order valence-electron chi connectivity index (χ3n) is 4.32. The third kappa shape index (κ3) is 4.31. The van der Waals surface area contributed by atoms with Gasteiger partial charge in [-0.3, -0.25) is 14.3 Å². The Morgan fingerprint density at radius 2 is 2.00 bits per heavy atom. The van der Waals surface area contributed by atoms with Crippen molar-refractivity contribution in [3.63, 3.8) is 0 Å². The topological polar surface area (TPSA) is 76.5 Å². The number of hydrogen-bond donors (Lipinski definition) is 1. The molecule has 1 aliphatic rings. The van der Waals surface area contributed by atoms with Crippen LogP contribution in [0.5, 0.6) is 5.75 Å². The van der Waals surface area contributed by atoms with Crippen LogP contribution in [-0.2, 0) is 9.59 Å². The quantitative estimate of drug-likeness (QED) is 0.772. The number of nitrogens with zero attached hydrogens (tertiary/aromatic N) is 3. The number of likely N-dealkylation sites (tertiary alicyclic amines) is 1. The molecule has 0 saturated carbocycles. The van der Waals surface area contributed by atoms with Crippen molar-refractivity contribution in [3.8, 4) is 5.75 Å². The minimum absolute atomic E-state index is 0.0898. The average molecular weight is 389 g/mol. The molecule has 1 N–H and O–H groups in total. The maximum Gasteiger partial charge on any atom is 0.268 e. The Morgan fingerprint density at radius 3 is 2.63 bits per heavy atom. The molecule has 8 heteroatoms. The van der Waals surface area contributed by atoms with E-state index in [0.717, 1.165) is 0 Å². The summed E-state index contributed by atoms with van der Waals surface area (Å²) in [7, 11) is 0. The summed E-state index contributed by atoms with van der Waals surface area (Å²) in [4.78, 5) is 25.8. The van der Waals surface area contributed by atoms with E-state index in [4.69, 9.17) is 16.3 Å². The Kier molecular flexibility index (Phi) is 5.23. The van der Waals surface area contributed by atoms with E-state index in [1.54, 1.807) is 60.1 Å². The monoisotopic (exact) mass is 388 g/mol. The molecule has 3 rings (SSSR count). The van der Waals surface area contributed by atoms with Crippen molar-refractivity contribution in [2.75, 3.05) is 18.4 Å². The number of ether oxygens (including phenoxy) is 1. The molecule has 1 aliphatic heterocycles. The van der Waals surface area contributed by atoms with Gasteiger partial charge in [0.25, 0.3) is 5.91 Å². The van der Waals surface area contributed by atoms with E-state index in [0.29, 0.717) is 29.5 Å². The number of carbonyl (C=O) groups excluding carboxylic acids is 2. The maximum atomic E-state index is 12.6. The number of aromatic nitrogens is 2. The largest absolute Gasteiger partial charge is 0.478 e. The number of benzene rings is 1. The molecule has 0 bridgehead atoms. The molecule has 27 heavy (non-hydrogen) atoms. The highest BCUT2D eigenvalue weighted by Crippen LogP contribution is 2.24. The zero-order valence-electron chi connectivity index (χ0n) is 15.2. The molecular formula is C19H21ClN4O3. The van der Waals surface area contributed by atoms with Gasteiger partial charge in [0.2, 0.25) is 5.91 Å². The fraction of sp³-hybridized carbons (Fsp3) is 0.316. The number of hydrogen-bond acceptors (Lipinski definition) is 4. The van der Waals surface area contributed by atoms with Crippen LogP contribution < -0.4 is 10.1 Å². The van der Waals surface area contributed by atoms with Gasteiger partial charge in [-0.25, -0.2) is 0 Å². The van der Waals surface area contributed by atoms with Crippen molar-refractivity contribution < 1.29 is 14.3 Å². The van der Waals surface area contributed by atoms with Crippen molar-refractivity contribution in [3.05, 3.63) is 54.3 Å². The fourth-order valence-corrected chi connectivity index (χ4v) is 2.79. The molecule has 142 valence electrons. The second-order valence-electron chi connectivity index (χ2n) is 6.83. The molecular weight excluding hydrogens is 368 g/mol. The zero-order valence-corrected chi connectivity index (χ0v) is 15.9. The number of rotatable bonds is 6. The van der Waals surface area contributed by atoms with E-state index >= 15 is 0 Å². The van der Waals surface area contributed by atoms with Gasteiger partial charge in [0.1, 0.15) is 5.75 Å². The number of anilines is 1. The molecule has 0 radical (unpaired) electrons. The van der Waals surface area contributed by atoms with Crippen LogP contribution in [0, 0.1) is 0 Å². The summed E-state index contributed by atoms with van der Waals surface area (Å²) >= 11 is 5.86. The normalized spacial score (nSPS) is 14.4. The highest BCUT2D eigenvalue weighted by molar-refractivity contribution is 6.30. The molecule has 1 saturated heterocycles. The Labute approximate surface area is 162 Å². The minimum atomic E-state index is -1.08. The first-order chi connectivity index (χ1) is 12.8. The molecule has 2 amide bonds. The average Bonchev–Trinajstić information content (AvgIpc) is 3.03. The van der Waals surface area contributed by atoms with Crippen molar-refractivity contribution >= 4 is 29.1 Å². The van der Waals surface area contributed by atoms with Crippen molar-refractivity contribution in [1.82, 2.24) is 14.7 Å². The second-order valence-corrected chi connectivity index (χ2v) is 7.27. The molecule has 0 spiro atoms. The van der Waals surface area contributed by atoms with Gasteiger partial charge >= 0.3 is 0 Å². The summed E-state index contributed by atoms with van der Waals surface area (Å²) in [5, 5.41) is 7.68. The fourth-order valence-electron chi connectivity index (χ4n) is 2.66. The Balaban J connectivity index is 1.58. The smallest absolute Gasteiger partial charge is 0.268 e. The van der Waals surface area contributed by atoms with Gasteiger partial charge in [-0.05, 0) is 44.2 Å². The highest BCUT2D eigenvalue weighted by Gasteiger charge is 2.33. The lowest BCUT2D eigenvalue weighted by Crippen LogP contribution is -2.50. The summed E-state index contributed by atoms with van der Waals surface area (Å²) < 4.78 is 7.52. The first-order valence-corrected chi connectivity index (χ1v) is 8.88. The number of carbonyl (C=O) groups is 2. The van der Waals surface area contributed by atoms with Crippen LogP contribution in [0.3, 0.4) is 0 Å². The SMILES string of the molecule is C=CC(=O)N1CC(n2cc(NC(=O)C(C)(C)Oc3ccc(Cl)cc3)cn2)C1. The van der Waals surface area contributed by atoms with Gasteiger partial charge in [-0.1, -0.05) is 18.2 Å². The predicted molar refractivity (Wildman–Crippen MR) is 103 cm³/mol. The summed E-state index contributed by atoms with van der Waals surface area (Å²) in [6.07, 6.45) is 4.62. The molecule has 0 unspecified atom stereocenters. The predicted octanol–water partition coefficient (Wildman–Crippen LogP) is 2.90. The van der Waals surface area contributed by atoms with Gasteiger partial charge < -0.3 is 15.0 Å². The van der Waals surface area contributed by atoms with Crippen molar-refractivity contribution in [2.45, 2.75) is 25.5 Å². The number of nitrogens with one attached hydrogen (secondary N) is 1. The number of amides is 2. The van der Waals surface area contributed by atoms with Crippen molar-refractivity contribution in [1.29, 1.82) is 0 Å². The van der Waals surface area contributed by atoms with E-state index in [1.165, 1.54) is 6.08 Å². The van der Waals surface area contributed by atoms with Crippen LogP contribution >= 0.6 is 11.6 Å². The van der Waals surface area contributed by atoms with Crippen LogP contribution in [0.1, 0.15) is 19.9 Å². The van der Waals surface area contributed by atoms with Gasteiger partial charge in [-0.2, -0.15) is 5.10 Å². The van der Waals surface area contributed by atoms with Crippen LogP contribution in [0.4, 0.5) is 5.69 Å². The van der Waals surface area contributed by atoms with Gasteiger partial charge in [0, 0.05) is 24.3 Å². The Hall–Kier alpha value is -2.80. The van der Waals surface area contributed by atoms with E-state index in [2.05, 4.69) is 17.0 Å². The maximum absolute atomic E-state index is 12.6. The zero-order chi connectivity index (χ0) is 19.6. The summed E-state index contributed by atoms with van der Waals surface area (Å²) in [5.74, 6) is 0.166. The van der Waals surface area contributed by atoms with Crippen LogP contribution in [0.15, 0.2) is 49.3 Å². The molecule has 0 atom stereocenters. The molecule has 7 nitrogen and oxygen atoms in total. The van der Waals surface area contributed by atoms with E-state index < -0.39 is 5.60 Å². The Morgan fingerprint density at radius 1 is 1.33 bits per heavy atom. The second kappa shape index (κ2) is 7.44. The van der Waals surface area contributed by atoms with Gasteiger partial charge in [0.15, 0.2) is 5.60 Å². The Bertz CT molecular complexity index is 854. The third-order valence-corrected chi connectivity index (χ3v) is 4.57. The molecule has 2 aromatic rings. The van der Waals surface area contributed by atoms with Crippen LogP contribution in [0.25, 0.3) is 0 Å². The lowest BCUT2D eigenvalue weighted by atomic mass is 10.1. The summed E-state index contributed by atoms with van der Waals surface area (Å²) in [6.45, 7) is 8.00. The standard InChI is InChI=1S/C19H21ClN4O3/c1-4-17(25)23-11-15(12-23)24-10-14(9-21-24)22-18(26)19(2,3)27-16-7-5-13(20)6-8-16/h4-10,15H,1,11-12H2,2-3H3,(H,22,26). The highest BCUT2D eigenvalue weighted by atomic mass is 35.5. The van der Waals surface area contributed by atoms with E-state index in [-0.39, 0.29) is 17.9 Å². The van der Waals surface area contributed by atoms with Gasteiger partial charge in [-0.15, -0.1) is 0 Å². The first kappa shape index (κ1) is 19.0. The molecule has 1 fully saturated rings. The van der Waals surface area contributed by atoms with Crippen LogP contribution in [-0.4, -0.2) is 45.2 Å². The molecule has 1 aromatic heterocycles. The van der Waals surface area contributed by atoms with E-state index in [1.807, 2.05) is 0 Å². The minimum Gasteiger partial charge on any atom is -0.478 e. The molecule has 1 aromatic carbocycles. The summed E-state index contributed by atoms with van der Waals surface area (Å²) in [5.41, 5.74) is -0.513. The number of halogens is 1. The lowest BCUT2D eigenvalue weighted by molar-refractivity contribution is -0.131.